The molecule has 0 radical (unpaired) electrons. The standard InChI is InChI=1S/C14H16N2O3/c1-19-14(18)13-3-2-12(6-11(13)7-15)16-5-4-10(8-16)9-17/h2-3,6,10,17H,4-5,8-9H2,1H3/t10-/m1/s1. The van der Waals surface area contributed by atoms with E-state index in [-0.39, 0.29) is 18.1 Å². The largest absolute Gasteiger partial charge is 0.465 e. The zero-order chi connectivity index (χ0) is 13.8. The first-order valence-electron chi connectivity index (χ1n) is 6.18. The number of carbonyl (C=O) groups is 1. The van der Waals surface area contributed by atoms with Gasteiger partial charge in [0.2, 0.25) is 0 Å². The van der Waals surface area contributed by atoms with Crippen molar-refractivity contribution in [3.63, 3.8) is 0 Å². The molecule has 1 aromatic carbocycles. The van der Waals surface area contributed by atoms with Crippen LogP contribution < -0.4 is 4.90 Å². The molecule has 1 aromatic rings. The van der Waals surface area contributed by atoms with Gasteiger partial charge >= 0.3 is 5.97 Å². The van der Waals surface area contributed by atoms with Crippen LogP contribution in [0.2, 0.25) is 0 Å². The third-order valence-electron chi connectivity index (χ3n) is 3.44. The minimum Gasteiger partial charge on any atom is -0.465 e. The number of rotatable bonds is 3. The first-order valence-corrected chi connectivity index (χ1v) is 6.18. The second-order valence-electron chi connectivity index (χ2n) is 4.62. The van der Waals surface area contributed by atoms with Gasteiger partial charge < -0.3 is 14.7 Å². The molecule has 0 unspecified atom stereocenters. The summed E-state index contributed by atoms with van der Waals surface area (Å²) >= 11 is 0. The summed E-state index contributed by atoms with van der Waals surface area (Å²) in [4.78, 5) is 13.6. The van der Waals surface area contributed by atoms with Gasteiger partial charge in [0.15, 0.2) is 0 Å². The second kappa shape index (κ2) is 5.72. The Bertz CT molecular complexity index is 522. The summed E-state index contributed by atoms with van der Waals surface area (Å²) < 4.78 is 4.64. The van der Waals surface area contributed by atoms with Crippen LogP contribution in [0.15, 0.2) is 18.2 Å². The zero-order valence-electron chi connectivity index (χ0n) is 10.8. The third-order valence-corrected chi connectivity index (χ3v) is 3.44. The smallest absolute Gasteiger partial charge is 0.339 e. The lowest BCUT2D eigenvalue weighted by Crippen LogP contribution is -2.21. The molecule has 1 heterocycles. The van der Waals surface area contributed by atoms with Crippen molar-refractivity contribution in [1.29, 1.82) is 5.26 Å². The van der Waals surface area contributed by atoms with Crippen LogP contribution >= 0.6 is 0 Å². The van der Waals surface area contributed by atoms with Gasteiger partial charge in [0.05, 0.1) is 18.2 Å². The lowest BCUT2D eigenvalue weighted by molar-refractivity contribution is 0.0600. The van der Waals surface area contributed by atoms with Gasteiger partial charge in [0.25, 0.3) is 0 Å². The van der Waals surface area contributed by atoms with Crippen molar-refractivity contribution in [2.75, 3.05) is 31.7 Å². The molecule has 1 N–H and O–H groups in total. The van der Waals surface area contributed by atoms with Gasteiger partial charge in [-0.2, -0.15) is 5.26 Å². The fourth-order valence-corrected chi connectivity index (χ4v) is 2.33. The molecule has 1 fully saturated rings. The molecular weight excluding hydrogens is 244 g/mol. The van der Waals surface area contributed by atoms with Crippen LogP contribution in [-0.2, 0) is 4.74 Å². The number of nitrogens with zero attached hydrogens (tertiary/aromatic N) is 2. The van der Waals surface area contributed by atoms with Crippen LogP contribution in [0.25, 0.3) is 0 Å². The molecule has 19 heavy (non-hydrogen) atoms. The maximum Gasteiger partial charge on any atom is 0.339 e. The van der Waals surface area contributed by atoms with E-state index in [1.165, 1.54) is 7.11 Å². The van der Waals surface area contributed by atoms with Gasteiger partial charge in [-0.3, -0.25) is 0 Å². The highest BCUT2D eigenvalue weighted by molar-refractivity contribution is 5.92. The van der Waals surface area contributed by atoms with E-state index in [4.69, 9.17) is 10.4 Å². The highest BCUT2D eigenvalue weighted by Crippen LogP contribution is 2.25. The molecule has 1 atom stereocenters. The minimum absolute atomic E-state index is 0.182. The van der Waals surface area contributed by atoms with Crippen LogP contribution in [0.3, 0.4) is 0 Å². The zero-order valence-corrected chi connectivity index (χ0v) is 10.8. The second-order valence-corrected chi connectivity index (χ2v) is 4.62. The van der Waals surface area contributed by atoms with Crippen LogP contribution in [-0.4, -0.2) is 37.9 Å². The van der Waals surface area contributed by atoms with Gasteiger partial charge in [-0.1, -0.05) is 0 Å². The summed E-state index contributed by atoms with van der Waals surface area (Å²) in [6.07, 6.45) is 0.942. The van der Waals surface area contributed by atoms with Crippen molar-refractivity contribution in [3.8, 4) is 6.07 Å². The molecule has 5 heteroatoms. The normalized spacial score (nSPS) is 18.2. The Morgan fingerprint density at radius 2 is 2.42 bits per heavy atom. The van der Waals surface area contributed by atoms with E-state index in [2.05, 4.69) is 9.64 Å². The average molecular weight is 260 g/mol. The predicted octanol–water partition coefficient (Wildman–Crippen LogP) is 1.16. The number of benzene rings is 1. The Labute approximate surface area is 112 Å². The summed E-state index contributed by atoms with van der Waals surface area (Å²) in [6.45, 7) is 1.81. The highest BCUT2D eigenvalue weighted by Gasteiger charge is 2.23. The van der Waals surface area contributed by atoms with Gasteiger partial charge in [-0.05, 0) is 24.6 Å². The monoisotopic (exact) mass is 260 g/mol. The SMILES string of the molecule is COC(=O)c1ccc(N2CC[C@@H](CO)C2)cc1C#N. The Morgan fingerprint density at radius 3 is 3.00 bits per heavy atom. The Hall–Kier alpha value is -2.06. The van der Waals surface area contributed by atoms with E-state index >= 15 is 0 Å². The molecule has 5 nitrogen and oxygen atoms in total. The molecule has 100 valence electrons. The van der Waals surface area contributed by atoms with Crippen molar-refractivity contribution >= 4 is 11.7 Å². The number of carbonyl (C=O) groups excluding carboxylic acids is 1. The van der Waals surface area contributed by atoms with E-state index < -0.39 is 5.97 Å². The molecule has 0 saturated carbocycles. The average Bonchev–Trinajstić information content (AvgIpc) is 2.94. The fraction of sp³-hybridized carbons (Fsp3) is 0.429. The Kier molecular flexibility index (Phi) is 4.03. The number of aliphatic hydroxyl groups excluding tert-OH is 1. The lowest BCUT2D eigenvalue weighted by atomic mass is 10.1. The van der Waals surface area contributed by atoms with Crippen molar-refractivity contribution in [2.24, 2.45) is 5.92 Å². The fourth-order valence-electron chi connectivity index (χ4n) is 2.33. The number of aliphatic hydroxyl groups is 1. The van der Waals surface area contributed by atoms with Gasteiger partial charge in [0.1, 0.15) is 6.07 Å². The number of ether oxygens (including phenoxy) is 1. The lowest BCUT2D eigenvalue weighted by Gasteiger charge is -2.19. The maximum absolute atomic E-state index is 11.5. The van der Waals surface area contributed by atoms with E-state index in [9.17, 15) is 4.79 Å². The van der Waals surface area contributed by atoms with E-state index in [0.29, 0.717) is 5.56 Å². The number of methoxy groups -OCH3 is 1. The first-order chi connectivity index (χ1) is 9.19. The quantitative estimate of drug-likeness (QED) is 0.826. The van der Waals surface area contributed by atoms with Gasteiger partial charge in [-0.15, -0.1) is 0 Å². The molecule has 0 aromatic heterocycles. The summed E-state index contributed by atoms with van der Waals surface area (Å²) in [6, 6.07) is 7.15. The molecule has 2 rings (SSSR count). The number of hydrogen-bond donors (Lipinski definition) is 1. The van der Waals surface area contributed by atoms with Crippen LogP contribution in [0.4, 0.5) is 5.69 Å². The van der Waals surface area contributed by atoms with E-state index in [1.54, 1.807) is 12.1 Å². The van der Waals surface area contributed by atoms with E-state index in [1.807, 2.05) is 12.1 Å². The Balaban J connectivity index is 2.25. The minimum atomic E-state index is -0.502. The highest BCUT2D eigenvalue weighted by atomic mass is 16.5. The Morgan fingerprint density at radius 1 is 1.63 bits per heavy atom. The summed E-state index contributed by atoms with van der Waals surface area (Å²) in [5.74, 6) is -0.219. The number of nitriles is 1. The van der Waals surface area contributed by atoms with Crippen LogP contribution in [0, 0.1) is 17.2 Å². The topological polar surface area (TPSA) is 73.6 Å². The molecule has 0 aliphatic carbocycles. The van der Waals surface area contributed by atoms with Crippen LogP contribution in [0.5, 0.6) is 0 Å². The summed E-state index contributed by atoms with van der Waals surface area (Å²) in [5, 5.41) is 18.3. The molecule has 1 saturated heterocycles. The molecule has 0 amide bonds. The van der Waals surface area contributed by atoms with Crippen molar-refractivity contribution in [1.82, 2.24) is 0 Å². The predicted molar refractivity (Wildman–Crippen MR) is 69.9 cm³/mol. The van der Waals surface area contributed by atoms with Crippen molar-refractivity contribution < 1.29 is 14.6 Å². The molecule has 1 aliphatic rings. The van der Waals surface area contributed by atoms with Gasteiger partial charge in [0, 0.05) is 31.3 Å². The molecule has 0 spiro atoms. The summed E-state index contributed by atoms with van der Waals surface area (Å²) in [7, 11) is 1.30. The maximum atomic E-state index is 11.5. The molecule has 1 aliphatic heterocycles. The summed E-state index contributed by atoms with van der Waals surface area (Å²) in [5.41, 5.74) is 1.50. The van der Waals surface area contributed by atoms with Gasteiger partial charge in [-0.25, -0.2) is 4.79 Å². The number of hydrogen-bond acceptors (Lipinski definition) is 5. The number of esters is 1. The number of anilines is 1. The molecule has 0 bridgehead atoms. The van der Waals surface area contributed by atoms with E-state index in [0.717, 1.165) is 25.2 Å². The first kappa shape index (κ1) is 13.4. The van der Waals surface area contributed by atoms with Crippen molar-refractivity contribution in [2.45, 2.75) is 6.42 Å². The van der Waals surface area contributed by atoms with Crippen LogP contribution in [0.1, 0.15) is 22.3 Å². The van der Waals surface area contributed by atoms with Crippen molar-refractivity contribution in [3.05, 3.63) is 29.3 Å². The third kappa shape index (κ3) is 2.69. The molecular formula is C14H16N2O3.